The van der Waals surface area contributed by atoms with Gasteiger partial charge in [-0.25, -0.2) is 0 Å². The molecule has 2 nitrogen and oxygen atoms in total. The minimum atomic E-state index is 0.0652. The summed E-state index contributed by atoms with van der Waals surface area (Å²) in [6.45, 7) is 6.84. The largest absolute Gasteiger partial charge is 0.494 e. The molecule has 2 rings (SSSR count). The quantitative estimate of drug-likeness (QED) is 0.732. The third kappa shape index (κ3) is 3.52. The fourth-order valence-corrected chi connectivity index (χ4v) is 2.48. The maximum Gasteiger partial charge on any atom is 0.193 e. The molecule has 0 heterocycles. The molecule has 0 amide bonds. The number of aryl methyl sites for hydroxylation is 2. The average Bonchev–Trinajstić information content (AvgIpc) is 2.54. The Balaban J connectivity index is 2.27. The monoisotopic (exact) mass is 282 g/mol. The average molecular weight is 282 g/mol. The molecule has 0 bridgehead atoms. The van der Waals surface area contributed by atoms with Crippen LogP contribution in [0.25, 0.3) is 0 Å². The first kappa shape index (κ1) is 15.3. The zero-order valence-electron chi connectivity index (χ0n) is 13.0. The van der Waals surface area contributed by atoms with E-state index in [4.69, 9.17) is 4.74 Å². The van der Waals surface area contributed by atoms with Gasteiger partial charge in [0.25, 0.3) is 0 Å². The Bertz CT molecular complexity index is 612. The first-order chi connectivity index (χ1) is 10.2. The maximum absolute atomic E-state index is 12.5. The van der Waals surface area contributed by atoms with E-state index in [0.29, 0.717) is 12.2 Å². The number of ketones is 1. The van der Waals surface area contributed by atoms with Crippen LogP contribution in [0.2, 0.25) is 0 Å². The van der Waals surface area contributed by atoms with Gasteiger partial charge in [0.05, 0.1) is 6.61 Å². The van der Waals surface area contributed by atoms with Gasteiger partial charge in [0, 0.05) is 11.1 Å². The van der Waals surface area contributed by atoms with Crippen molar-refractivity contribution in [3.05, 3.63) is 64.7 Å². The van der Waals surface area contributed by atoms with Gasteiger partial charge < -0.3 is 4.74 Å². The Hall–Kier alpha value is -2.09. The number of carbonyl (C=O) groups excluding carboxylic acids is 1. The molecule has 2 aromatic rings. The van der Waals surface area contributed by atoms with Crippen LogP contribution >= 0.6 is 0 Å². The Labute approximate surface area is 126 Å². The smallest absolute Gasteiger partial charge is 0.193 e. The van der Waals surface area contributed by atoms with Gasteiger partial charge in [-0.15, -0.1) is 0 Å². The third-order valence-corrected chi connectivity index (χ3v) is 3.66. The Kier molecular flexibility index (Phi) is 5.15. The highest BCUT2D eigenvalue weighted by Crippen LogP contribution is 2.19. The van der Waals surface area contributed by atoms with Gasteiger partial charge in [-0.05, 0) is 61.2 Å². The highest BCUT2D eigenvalue weighted by Gasteiger charge is 2.11. The highest BCUT2D eigenvalue weighted by molar-refractivity contribution is 6.09. The lowest BCUT2D eigenvalue weighted by Crippen LogP contribution is -2.03. The van der Waals surface area contributed by atoms with E-state index in [-0.39, 0.29) is 5.78 Å². The van der Waals surface area contributed by atoms with Crippen molar-refractivity contribution in [1.82, 2.24) is 0 Å². The van der Waals surface area contributed by atoms with E-state index in [2.05, 4.69) is 19.9 Å². The van der Waals surface area contributed by atoms with E-state index in [0.717, 1.165) is 24.2 Å². The number of hydrogen-bond acceptors (Lipinski definition) is 2. The second kappa shape index (κ2) is 7.07. The molecule has 2 heteroatoms. The van der Waals surface area contributed by atoms with Crippen LogP contribution in [0, 0.1) is 0 Å². The number of ether oxygens (including phenoxy) is 1. The van der Waals surface area contributed by atoms with Gasteiger partial charge in [0.2, 0.25) is 0 Å². The summed E-state index contributed by atoms with van der Waals surface area (Å²) in [5, 5.41) is 0. The number of hydrogen-bond donors (Lipinski definition) is 0. The first-order valence-corrected chi connectivity index (χ1v) is 7.58. The Morgan fingerprint density at radius 1 is 0.857 bits per heavy atom. The molecule has 0 saturated carbocycles. The van der Waals surface area contributed by atoms with Crippen LogP contribution in [0.3, 0.4) is 0 Å². The van der Waals surface area contributed by atoms with Crippen molar-refractivity contribution < 1.29 is 9.53 Å². The zero-order valence-corrected chi connectivity index (χ0v) is 13.0. The maximum atomic E-state index is 12.5. The molecule has 21 heavy (non-hydrogen) atoms. The predicted octanol–water partition coefficient (Wildman–Crippen LogP) is 4.44. The van der Waals surface area contributed by atoms with E-state index in [1.54, 1.807) is 0 Å². The fourth-order valence-electron chi connectivity index (χ4n) is 2.48. The van der Waals surface area contributed by atoms with Crippen molar-refractivity contribution in [2.75, 3.05) is 6.61 Å². The SMILES string of the molecule is CCOc1ccc(C(=O)c2ccc(CC)c(CC)c2)cc1. The van der Waals surface area contributed by atoms with Crippen molar-refractivity contribution in [3.8, 4) is 5.75 Å². The molecule has 0 aliphatic heterocycles. The predicted molar refractivity (Wildman–Crippen MR) is 86.2 cm³/mol. The normalized spacial score (nSPS) is 10.4. The lowest BCUT2D eigenvalue weighted by atomic mass is 9.96. The van der Waals surface area contributed by atoms with Crippen molar-refractivity contribution in [2.45, 2.75) is 33.6 Å². The molecular weight excluding hydrogens is 260 g/mol. The van der Waals surface area contributed by atoms with E-state index in [9.17, 15) is 4.79 Å². The van der Waals surface area contributed by atoms with Crippen molar-refractivity contribution in [1.29, 1.82) is 0 Å². The second-order valence-electron chi connectivity index (χ2n) is 4.98. The number of rotatable bonds is 6. The standard InChI is InChI=1S/C19H22O2/c1-4-14-7-8-17(13-15(14)5-2)19(20)16-9-11-18(12-10-16)21-6-3/h7-13H,4-6H2,1-3H3. The molecule has 0 radical (unpaired) electrons. The molecule has 0 aliphatic rings. The van der Waals surface area contributed by atoms with Crippen LogP contribution in [0.4, 0.5) is 0 Å². The van der Waals surface area contributed by atoms with E-state index >= 15 is 0 Å². The van der Waals surface area contributed by atoms with Gasteiger partial charge in [-0.1, -0.05) is 26.0 Å². The topological polar surface area (TPSA) is 26.3 Å². The summed E-state index contributed by atoms with van der Waals surface area (Å²) in [7, 11) is 0. The van der Waals surface area contributed by atoms with Crippen LogP contribution in [0.1, 0.15) is 47.8 Å². The molecule has 0 aromatic heterocycles. The summed E-state index contributed by atoms with van der Waals surface area (Å²) in [4.78, 5) is 12.5. The van der Waals surface area contributed by atoms with Crippen molar-refractivity contribution >= 4 is 5.78 Å². The van der Waals surface area contributed by atoms with Crippen molar-refractivity contribution in [2.24, 2.45) is 0 Å². The number of carbonyl (C=O) groups is 1. The molecule has 0 spiro atoms. The van der Waals surface area contributed by atoms with Crippen LogP contribution in [-0.4, -0.2) is 12.4 Å². The second-order valence-corrected chi connectivity index (χ2v) is 4.98. The summed E-state index contributed by atoms with van der Waals surface area (Å²) in [5.74, 6) is 0.861. The molecule has 0 unspecified atom stereocenters. The van der Waals surface area contributed by atoms with Crippen LogP contribution < -0.4 is 4.74 Å². The van der Waals surface area contributed by atoms with Gasteiger partial charge in [-0.3, -0.25) is 4.79 Å². The lowest BCUT2D eigenvalue weighted by Gasteiger charge is -2.09. The molecule has 0 fully saturated rings. The molecule has 110 valence electrons. The molecule has 2 aromatic carbocycles. The summed E-state index contributed by atoms with van der Waals surface area (Å²) < 4.78 is 5.40. The Morgan fingerprint density at radius 3 is 2.05 bits per heavy atom. The van der Waals surface area contributed by atoms with Gasteiger partial charge in [-0.2, -0.15) is 0 Å². The summed E-state index contributed by atoms with van der Waals surface area (Å²) in [6.07, 6.45) is 1.95. The molecule has 0 N–H and O–H groups in total. The molecule has 0 atom stereocenters. The van der Waals surface area contributed by atoms with E-state index in [1.165, 1.54) is 11.1 Å². The van der Waals surface area contributed by atoms with Gasteiger partial charge in [0.1, 0.15) is 5.75 Å². The summed E-state index contributed by atoms with van der Waals surface area (Å²) in [6, 6.07) is 13.4. The minimum Gasteiger partial charge on any atom is -0.494 e. The van der Waals surface area contributed by atoms with E-state index < -0.39 is 0 Å². The summed E-state index contributed by atoms with van der Waals surface area (Å²) >= 11 is 0. The Morgan fingerprint density at radius 2 is 1.48 bits per heavy atom. The van der Waals surface area contributed by atoms with Gasteiger partial charge >= 0.3 is 0 Å². The minimum absolute atomic E-state index is 0.0652. The summed E-state index contributed by atoms with van der Waals surface area (Å²) in [5.41, 5.74) is 4.04. The van der Waals surface area contributed by atoms with Gasteiger partial charge in [0.15, 0.2) is 5.78 Å². The third-order valence-electron chi connectivity index (χ3n) is 3.66. The molecule has 0 saturated heterocycles. The first-order valence-electron chi connectivity index (χ1n) is 7.58. The molecule has 0 aliphatic carbocycles. The van der Waals surface area contributed by atoms with Crippen LogP contribution in [-0.2, 0) is 12.8 Å². The number of benzene rings is 2. The van der Waals surface area contributed by atoms with Crippen LogP contribution in [0.5, 0.6) is 5.75 Å². The highest BCUT2D eigenvalue weighted by atomic mass is 16.5. The fraction of sp³-hybridized carbons (Fsp3) is 0.316. The van der Waals surface area contributed by atoms with E-state index in [1.807, 2.05) is 43.3 Å². The molecular formula is C19H22O2. The zero-order chi connectivity index (χ0) is 15.2. The lowest BCUT2D eigenvalue weighted by molar-refractivity contribution is 0.103. The van der Waals surface area contributed by atoms with Crippen LogP contribution in [0.15, 0.2) is 42.5 Å². The van der Waals surface area contributed by atoms with Crippen molar-refractivity contribution in [3.63, 3.8) is 0 Å².